The van der Waals surface area contributed by atoms with E-state index in [1.54, 1.807) is 0 Å². The molecule has 1 aromatic rings. The average molecular weight is 236 g/mol. The van der Waals surface area contributed by atoms with Crippen molar-refractivity contribution in [1.82, 2.24) is 0 Å². The summed E-state index contributed by atoms with van der Waals surface area (Å²) in [6, 6.07) is 9.36. The van der Waals surface area contributed by atoms with E-state index >= 15 is 0 Å². The summed E-state index contributed by atoms with van der Waals surface area (Å²) in [5.74, 6) is -0.945. The molecule has 0 bridgehead atoms. The molecule has 1 N–H and O–H groups in total. The number of rotatable bonds is 2. The summed E-state index contributed by atoms with van der Waals surface area (Å²) in [4.78, 5) is 11.2. The topological polar surface area (TPSA) is 55.8 Å². The third kappa shape index (κ3) is 2.48. The van der Waals surface area contributed by atoms with Crippen LogP contribution in [-0.4, -0.2) is 23.8 Å². The van der Waals surface area contributed by atoms with Gasteiger partial charge >= 0.3 is 5.97 Å². The Labute approximate surface area is 100 Å². The van der Waals surface area contributed by atoms with Gasteiger partial charge < -0.3 is 14.6 Å². The number of ether oxygens (including phenoxy) is 2. The second kappa shape index (κ2) is 4.47. The van der Waals surface area contributed by atoms with Crippen LogP contribution < -0.4 is 0 Å². The minimum atomic E-state index is -0.945. The smallest absolute Gasteiger partial charge is 0.333 e. The lowest BCUT2D eigenvalue weighted by molar-refractivity contribution is -0.264. The maximum atomic E-state index is 11.2. The molecule has 0 aromatic heterocycles. The molecule has 92 valence electrons. The van der Waals surface area contributed by atoms with Crippen molar-refractivity contribution in [2.45, 2.75) is 26.2 Å². The van der Waals surface area contributed by atoms with Crippen molar-refractivity contribution >= 4 is 5.97 Å². The molecule has 1 unspecified atom stereocenters. The summed E-state index contributed by atoms with van der Waals surface area (Å²) in [7, 11) is 0. The van der Waals surface area contributed by atoms with Crippen molar-refractivity contribution in [2.24, 2.45) is 5.41 Å². The van der Waals surface area contributed by atoms with Gasteiger partial charge in [0.15, 0.2) is 12.4 Å². The quantitative estimate of drug-likeness (QED) is 0.855. The minimum absolute atomic E-state index is 0.365. The summed E-state index contributed by atoms with van der Waals surface area (Å²) in [5.41, 5.74) is 0.325. The van der Waals surface area contributed by atoms with E-state index in [0.29, 0.717) is 6.61 Å². The summed E-state index contributed by atoms with van der Waals surface area (Å²) >= 11 is 0. The fraction of sp³-hybridized carbons (Fsp3) is 0.462. The van der Waals surface area contributed by atoms with Crippen LogP contribution in [0.5, 0.6) is 0 Å². The van der Waals surface area contributed by atoms with E-state index in [0.717, 1.165) is 5.56 Å². The first-order chi connectivity index (χ1) is 8.00. The Morgan fingerprint density at radius 2 is 2.00 bits per heavy atom. The molecule has 1 saturated heterocycles. The predicted octanol–water partition coefficient (Wildman–Crippen LogP) is 2.21. The van der Waals surface area contributed by atoms with Crippen molar-refractivity contribution in [3.63, 3.8) is 0 Å². The predicted molar refractivity (Wildman–Crippen MR) is 61.4 cm³/mol. The van der Waals surface area contributed by atoms with Gasteiger partial charge in [0.1, 0.15) is 0 Å². The van der Waals surface area contributed by atoms with Crippen LogP contribution in [0.25, 0.3) is 0 Å². The molecular formula is C13H16O4. The molecule has 1 aliphatic heterocycles. The molecule has 4 heteroatoms. The molecular weight excluding hydrogens is 220 g/mol. The van der Waals surface area contributed by atoms with Crippen LogP contribution in [0.3, 0.4) is 0 Å². The number of aliphatic carboxylic acids is 1. The standard InChI is InChI=1S/C13H16O4/c1-13(2)8-16-12(17-10(13)11(14)15)9-6-4-3-5-7-9/h3-7,10,12H,8H2,1-2H3,(H,14,15)/t10?,12-/m1/s1. The number of carbonyl (C=O) groups is 1. The molecule has 0 saturated carbocycles. The van der Waals surface area contributed by atoms with Crippen LogP contribution in [-0.2, 0) is 14.3 Å². The van der Waals surface area contributed by atoms with Crippen molar-refractivity contribution in [2.75, 3.05) is 6.61 Å². The fourth-order valence-corrected chi connectivity index (χ4v) is 1.89. The summed E-state index contributed by atoms with van der Waals surface area (Å²) < 4.78 is 11.1. The second-order valence-corrected chi connectivity index (χ2v) is 4.90. The van der Waals surface area contributed by atoms with Gasteiger partial charge in [-0.25, -0.2) is 4.79 Å². The van der Waals surface area contributed by atoms with Crippen molar-refractivity contribution in [1.29, 1.82) is 0 Å². The summed E-state index contributed by atoms with van der Waals surface area (Å²) in [6.45, 7) is 4.02. The highest BCUT2D eigenvalue weighted by Crippen LogP contribution is 2.36. The van der Waals surface area contributed by atoms with E-state index in [1.165, 1.54) is 0 Å². The first-order valence-electron chi connectivity index (χ1n) is 5.55. The molecule has 4 nitrogen and oxygen atoms in total. The number of hydrogen-bond acceptors (Lipinski definition) is 3. The highest BCUT2D eigenvalue weighted by atomic mass is 16.7. The van der Waals surface area contributed by atoms with E-state index in [1.807, 2.05) is 44.2 Å². The van der Waals surface area contributed by atoms with Gasteiger partial charge in [-0.2, -0.15) is 0 Å². The highest BCUT2D eigenvalue weighted by molar-refractivity contribution is 5.73. The molecule has 1 aliphatic rings. The van der Waals surface area contributed by atoms with Crippen molar-refractivity contribution in [3.8, 4) is 0 Å². The molecule has 0 aliphatic carbocycles. The fourth-order valence-electron chi connectivity index (χ4n) is 1.89. The summed E-state index contributed by atoms with van der Waals surface area (Å²) in [6.07, 6.45) is -1.44. The molecule has 2 rings (SSSR count). The average Bonchev–Trinajstić information content (AvgIpc) is 2.29. The van der Waals surface area contributed by atoms with Crippen molar-refractivity contribution < 1.29 is 19.4 Å². The zero-order valence-corrected chi connectivity index (χ0v) is 9.92. The Hall–Kier alpha value is -1.39. The van der Waals surface area contributed by atoms with E-state index in [2.05, 4.69) is 0 Å². The number of benzene rings is 1. The van der Waals surface area contributed by atoms with Crippen LogP contribution in [0.15, 0.2) is 30.3 Å². The molecule has 0 spiro atoms. The van der Waals surface area contributed by atoms with E-state index < -0.39 is 23.8 Å². The van der Waals surface area contributed by atoms with Gasteiger partial charge in [0, 0.05) is 11.0 Å². The molecule has 1 fully saturated rings. The van der Waals surface area contributed by atoms with Gasteiger partial charge in [-0.15, -0.1) is 0 Å². The van der Waals surface area contributed by atoms with Crippen LogP contribution in [0, 0.1) is 5.41 Å². The van der Waals surface area contributed by atoms with Gasteiger partial charge in [-0.05, 0) is 0 Å². The molecule has 2 atom stereocenters. The Balaban J connectivity index is 2.18. The van der Waals surface area contributed by atoms with Crippen molar-refractivity contribution in [3.05, 3.63) is 35.9 Å². The lowest BCUT2D eigenvalue weighted by Gasteiger charge is -2.39. The van der Waals surface area contributed by atoms with Crippen LogP contribution >= 0.6 is 0 Å². The number of carboxylic acids is 1. The van der Waals surface area contributed by atoms with Gasteiger partial charge in [0.2, 0.25) is 0 Å². The highest BCUT2D eigenvalue weighted by Gasteiger charge is 2.43. The summed E-state index contributed by atoms with van der Waals surface area (Å²) in [5, 5.41) is 9.16. The van der Waals surface area contributed by atoms with E-state index in [9.17, 15) is 4.79 Å². The Morgan fingerprint density at radius 1 is 1.35 bits per heavy atom. The molecule has 0 amide bonds. The zero-order chi connectivity index (χ0) is 12.5. The van der Waals surface area contributed by atoms with Gasteiger partial charge in [-0.3, -0.25) is 0 Å². The molecule has 0 radical (unpaired) electrons. The Morgan fingerprint density at radius 3 is 2.59 bits per heavy atom. The normalized spacial score (nSPS) is 27.6. The first kappa shape index (κ1) is 12.1. The Bertz CT molecular complexity index is 399. The van der Waals surface area contributed by atoms with Gasteiger partial charge in [0.25, 0.3) is 0 Å². The number of hydrogen-bond donors (Lipinski definition) is 1. The lowest BCUT2D eigenvalue weighted by Crippen LogP contribution is -2.47. The third-order valence-corrected chi connectivity index (χ3v) is 2.87. The van der Waals surface area contributed by atoms with Crippen LogP contribution in [0.1, 0.15) is 25.7 Å². The SMILES string of the molecule is CC1(C)CO[C@@H](c2ccccc2)OC1C(=O)O. The molecule has 17 heavy (non-hydrogen) atoms. The maximum Gasteiger partial charge on any atom is 0.333 e. The molecule has 1 aromatic carbocycles. The third-order valence-electron chi connectivity index (χ3n) is 2.87. The van der Waals surface area contributed by atoms with E-state index in [-0.39, 0.29) is 0 Å². The van der Waals surface area contributed by atoms with Crippen LogP contribution in [0.2, 0.25) is 0 Å². The van der Waals surface area contributed by atoms with Gasteiger partial charge in [0.05, 0.1) is 6.61 Å². The number of carboxylic acid groups (broad SMARTS) is 1. The van der Waals surface area contributed by atoms with E-state index in [4.69, 9.17) is 14.6 Å². The van der Waals surface area contributed by atoms with Crippen LogP contribution in [0.4, 0.5) is 0 Å². The zero-order valence-electron chi connectivity index (χ0n) is 9.92. The molecule has 1 heterocycles. The first-order valence-corrected chi connectivity index (χ1v) is 5.55. The van der Waals surface area contributed by atoms with Gasteiger partial charge in [-0.1, -0.05) is 44.2 Å². The Kier molecular flexibility index (Phi) is 3.17. The lowest BCUT2D eigenvalue weighted by atomic mass is 9.86. The second-order valence-electron chi connectivity index (χ2n) is 4.90. The largest absolute Gasteiger partial charge is 0.479 e. The monoisotopic (exact) mass is 236 g/mol. The maximum absolute atomic E-state index is 11.2. The minimum Gasteiger partial charge on any atom is -0.479 e.